The Bertz CT molecular complexity index is 802. The number of thiocarbonyl (C=S) groups is 1. The number of rotatable bonds is 3. The fourth-order valence-corrected chi connectivity index (χ4v) is 3.49. The molecule has 1 saturated heterocycles. The van der Waals surface area contributed by atoms with Crippen LogP contribution in [0, 0.1) is 13.8 Å². The average Bonchev–Trinajstić information content (AvgIpc) is 3.14. The average molecular weight is 392 g/mol. The van der Waals surface area contributed by atoms with Crippen molar-refractivity contribution in [1.82, 2.24) is 15.8 Å². The Morgan fingerprint density at radius 2 is 2.04 bits per heavy atom. The molecule has 0 spiro atoms. The first-order valence-electron chi connectivity index (χ1n) is 8.26. The highest BCUT2D eigenvalue weighted by Gasteiger charge is 2.17. The van der Waals surface area contributed by atoms with Gasteiger partial charge in [-0.05, 0) is 43.3 Å². The number of nitrogens with one attached hydrogen (secondary N) is 3. The van der Waals surface area contributed by atoms with Crippen LogP contribution in [0.25, 0.3) is 0 Å². The summed E-state index contributed by atoms with van der Waals surface area (Å²) in [5, 5.41) is 5.96. The molecular formula is C17H21N5O2S2. The smallest absolute Gasteiger partial charge is 0.289 e. The number of thiazole rings is 1. The Balaban J connectivity index is 1.52. The van der Waals surface area contributed by atoms with Gasteiger partial charge in [0, 0.05) is 24.2 Å². The molecule has 1 aliphatic rings. The van der Waals surface area contributed by atoms with Crippen LogP contribution in [0.4, 0.5) is 10.8 Å². The fourth-order valence-electron chi connectivity index (χ4n) is 2.47. The van der Waals surface area contributed by atoms with Crippen molar-refractivity contribution in [3.8, 4) is 0 Å². The zero-order valence-electron chi connectivity index (χ0n) is 14.7. The molecule has 0 aliphatic carbocycles. The normalized spacial score (nSPS) is 14.0. The molecule has 0 radical (unpaired) electrons. The van der Waals surface area contributed by atoms with Crippen LogP contribution in [-0.2, 0) is 4.74 Å². The van der Waals surface area contributed by atoms with Crippen molar-refractivity contribution in [2.24, 2.45) is 0 Å². The summed E-state index contributed by atoms with van der Waals surface area (Å²) in [5.74, 6) is -0.328. The number of benzene rings is 1. The molecule has 0 bridgehead atoms. The first-order valence-corrected chi connectivity index (χ1v) is 9.54. The largest absolute Gasteiger partial charge is 0.378 e. The summed E-state index contributed by atoms with van der Waals surface area (Å²) in [7, 11) is 0. The van der Waals surface area contributed by atoms with E-state index in [0.29, 0.717) is 24.0 Å². The summed E-state index contributed by atoms with van der Waals surface area (Å²) in [6, 6.07) is 6.05. The lowest BCUT2D eigenvalue weighted by atomic mass is 10.1. The van der Waals surface area contributed by atoms with Gasteiger partial charge >= 0.3 is 0 Å². The summed E-state index contributed by atoms with van der Waals surface area (Å²) in [5.41, 5.74) is 8.75. The van der Waals surface area contributed by atoms with Crippen LogP contribution in [0.15, 0.2) is 23.6 Å². The molecule has 1 fully saturated rings. The number of carbonyl (C=O) groups is 1. The maximum Gasteiger partial charge on any atom is 0.289 e. The van der Waals surface area contributed by atoms with E-state index < -0.39 is 0 Å². The van der Waals surface area contributed by atoms with Crippen molar-refractivity contribution in [2.45, 2.75) is 13.8 Å². The number of hydrogen-bond acceptors (Lipinski definition) is 6. The number of morpholine rings is 1. The second-order valence-corrected chi connectivity index (χ2v) is 7.21. The Hall–Kier alpha value is -2.23. The number of aromatic nitrogens is 1. The van der Waals surface area contributed by atoms with Crippen molar-refractivity contribution >= 4 is 45.4 Å². The van der Waals surface area contributed by atoms with E-state index in [0.717, 1.165) is 35.0 Å². The Morgan fingerprint density at radius 3 is 2.81 bits per heavy atom. The summed E-state index contributed by atoms with van der Waals surface area (Å²) in [6.07, 6.45) is 0. The van der Waals surface area contributed by atoms with E-state index in [4.69, 9.17) is 17.0 Å². The van der Waals surface area contributed by atoms with Crippen LogP contribution in [0.5, 0.6) is 0 Å². The minimum atomic E-state index is -0.328. The standard InChI is InChI=1S/C17H21N5O2S2/c1-11-3-4-12(2)13(9-11)18-16(25)21-20-15(23)14-10-26-17(19-14)22-5-7-24-8-6-22/h3-4,9-10H,5-8H2,1-2H3,(H,20,23)(H2,18,21,25). The Morgan fingerprint density at radius 1 is 1.27 bits per heavy atom. The number of anilines is 2. The van der Waals surface area contributed by atoms with E-state index in [1.165, 1.54) is 11.3 Å². The van der Waals surface area contributed by atoms with Crippen molar-refractivity contribution in [1.29, 1.82) is 0 Å². The van der Waals surface area contributed by atoms with Gasteiger partial charge in [-0.3, -0.25) is 15.6 Å². The highest BCUT2D eigenvalue weighted by molar-refractivity contribution is 7.80. The van der Waals surface area contributed by atoms with Gasteiger partial charge in [0.05, 0.1) is 13.2 Å². The molecule has 0 saturated carbocycles. The van der Waals surface area contributed by atoms with E-state index in [1.807, 2.05) is 32.0 Å². The van der Waals surface area contributed by atoms with Gasteiger partial charge in [-0.25, -0.2) is 4.98 Å². The molecule has 7 nitrogen and oxygen atoms in total. The Labute approximate surface area is 161 Å². The lowest BCUT2D eigenvalue weighted by Gasteiger charge is -2.25. The molecule has 138 valence electrons. The van der Waals surface area contributed by atoms with Gasteiger partial charge in [0.15, 0.2) is 10.2 Å². The molecule has 2 heterocycles. The molecule has 0 atom stereocenters. The topological polar surface area (TPSA) is 78.5 Å². The van der Waals surface area contributed by atoms with Crippen LogP contribution in [0.2, 0.25) is 0 Å². The zero-order valence-corrected chi connectivity index (χ0v) is 16.3. The molecular weight excluding hydrogens is 370 g/mol. The van der Waals surface area contributed by atoms with Crippen LogP contribution in [-0.4, -0.2) is 42.3 Å². The molecule has 1 amide bonds. The quantitative estimate of drug-likeness (QED) is 0.547. The fraction of sp³-hybridized carbons (Fsp3) is 0.353. The second-order valence-electron chi connectivity index (χ2n) is 5.97. The van der Waals surface area contributed by atoms with Crippen molar-refractivity contribution in [3.63, 3.8) is 0 Å². The number of amides is 1. The lowest BCUT2D eigenvalue weighted by Crippen LogP contribution is -2.44. The first-order chi connectivity index (χ1) is 12.5. The number of nitrogens with zero attached hydrogens (tertiary/aromatic N) is 2. The van der Waals surface area contributed by atoms with Gasteiger partial charge in [-0.2, -0.15) is 0 Å². The van der Waals surface area contributed by atoms with Crippen molar-refractivity contribution in [3.05, 3.63) is 40.4 Å². The third-order valence-corrected chi connectivity index (χ3v) is 5.04. The minimum absolute atomic E-state index is 0.315. The third kappa shape index (κ3) is 4.69. The van der Waals surface area contributed by atoms with Gasteiger partial charge in [-0.15, -0.1) is 11.3 Å². The molecule has 1 aromatic heterocycles. The van der Waals surface area contributed by atoms with Gasteiger partial charge in [-0.1, -0.05) is 12.1 Å². The van der Waals surface area contributed by atoms with E-state index in [2.05, 4.69) is 26.1 Å². The monoisotopic (exact) mass is 391 g/mol. The summed E-state index contributed by atoms with van der Waals surface area (Å²) >= 11 is 6.69. The number of aryl methyl sites for hydroxylation is 2. The van der Waals surface area contributed by atoms with E-state index in [1.54, 1.807) is 5.38 Å². The van der Waals surface area contributed by atoms with Crippen molar-refractivity contribution in [2.75, 3.05) is 36.5 Å². The summed E-state index contributed by atoms with van der Waals surface area (Å²) in [4.78, 5) is 18.8. The van der Waals surface area contributed by atoms with E-state index >= 15 is 0 Å². The van der Waals surface area contributed by atoms with Crippen LogP contribution in [0.3, 0.4) is 0 Å². The van der Waals surface area contributed by atoms with Crippen molar-refractivity contribution < 1.29 is 9.53 Å². The lowest BCUT2D eigenvalue weighted by molar-refractivity contribution is 0.0940. The maximum atomic E-state index is 12.3. The number of hydrogen-bond donors (Lipinski definition) is 3. The highest BCUT2D eigenvalue weighted by atomic mass is 32.1. The zero-order chi connectivity index (χ0) is 18.5. The molecule has 9 heteroatoms. The third-order valence-electron chi connectivity index (χ3n) is 3.94. The number of hydrazine groups is 1. The summed E-state index contributed by atoms with van der Waals surface area (Å²) in [6.45, 7) is 6.94. The molecule has 1 aromatic carbocycles. The van der Waals surface area contributed by atoms with Gasteiger partial charge in [0.2, 0.25) is 0 Å². The van der Waals surface area contributed by atoms with Crippen LogP contribution < -0.4 is 21.1 Å². The first kappa shape index (κ1) is 18.6. The van der Waals surface area contributed by atoms with Gasteiger partial charge < -0.3 is 15.0 Å². The molecule has 1 aliphatic heterocycles. The Kier molecular flexibility index (Phi) is 6.02. The minimum Gasteiger partial charge on any atom is -0.378 e. The van der Waals surface area contributed by atoms with Crippen LogP contribution >= 0.6 is 23.6 Å². The van der Waals surface area contributed by atoms with Gasteiger partial charge in [0.25, 0.3) is 5.91 Å². The van der Waals surface area contributed by atoms with Gasteiger partial charge in [0.1, 0.15) is 5.69 Å². The van der Waals surface area contributed by atoms with E-state index in [9.17, 15) is 4.79 Å². The van der Waals surface area contributed by atoms with Crippen LogP contribution in [0.1, 0.15) is 21.6 Å². The number of carbonyl (C=O) groups excluding carboxylic acids is 1. The van der Waals surface area contributed by atoms with E-state index in [-0.39, 0.29) is 5.91 Å². The molecule has 0 unspecified atom stereocenters. The molecule has 26 heavy (non-hydrogen) atoms. The highest BCUT2D eigenvalue weighted by Crippen LogP contribution is 2.21. The number of ether oxygens (including phenoxy) is 1. The second kappa shape index (κ2) is 8.43. The summed E-state index contributed by atoms with van der Waals surface area (Å²) < 4.78 is 5.33. The molecule has 3 rings (SSSR count). The predicted octanol–water partition coefficient (Wildman–Crippen LogP) is 2.23. The maximum absolute atomic E-state index is 12.3. The molecule has 2 aromatic rings. The predicted molar refractivity (Wildman–Crippen MR) is 108 cm³/mol. The molecule has 3 N–H and O–H groups in total. The SMILES string of the molecule is Cc1ccc(C)c(NC(=S)NNC(=O)c2csc(N3CCOCC3)n2)c1.